The van der Waals surface area contributed by atoms with Crippen molar-refractivity contribution in [1.82, 2.24) is 4.98 Å². The van der Waals surface area contributed by atoms with E-state index in [1.165, 1.54) is 4.88 Å². The number of nitrogens with zero attached hydrogens (tertiary/aromatic N) is 1. The second-order valence-corrected chi connectivity index (χ2v) is 5.99. The Morgan fingerprint density at radius 3 is 2.79 bits per heavy atom. The van der Waals surface area contributed by atoms with Crippen LogP contribution in [0.15, 0.2) is 24.4 Å². The van der Waals surface area contributed by atoms with Crippen molar-refractivity contribution in [3.05, 3.63) is 34.3 Å². The zero-order valence-corrected chi connectivity index (χ0v) is 12.3. The number of nitrogens with one attached hydrogen (secondary N) is 1. The molecule has 1 aromatic carbocycles. The normalized spacial score (nSPS) is 10.7. The summed E-state index contributed by atoms with van der Waals surface area (Å²) in [6, 6.07) is 5.68. The molecule has 1 aromatic heterocycles. The Balaban J connectivity index is 2.05. The van der Waals surface area contributed by atoms with Gasteiger partial charge in [0.15, 0.2) is 0 Å². The van der Waals surface area contributed by atoms with Crippen molar-refractivity contribution in [2.24, 2.45) is 0 Å². The summed E-state index contributed by atoms with van der Waals surface area (Å²) in [5.41, 5.74) is 7.51. The third-order valence-electron chi connectivity index (χ3n) is 2.41. The minimum absolute atomic E-state index is 0.135. The zero-order chi connectivity index (χ0) is 13.8. The maximum absolute atomic E-state index is 5.88. The van der Waals surface area contributed by atoms with E-state index in [9.17, 15) is 0 Å². The number of ether oxygens (including phenoxy) is 1. The fourth-order valence-electron chi connectivity index (χ4n) is 1.73. The molecule has 0 radical (unpaired) electrons. The van der Waals surface area contributed by atoms with Crippen LogP contribution in [-0.2, 0) is 6.54 Å². The molecule has 1 heterocycles. The van der Waals surface area contributed by atoms with Crippen LogP contribution in [0.5, 0.6) is 5.75 Å². The molecule has 0 spiro atoms. The van der Waals surface area contributed by atoms with E-state index in [-0.39, 0.29) is 6.10 Å². The van der Waals surface area contributed by atoms with Crippen molar-refractivity contribution >= 4 is 22.7 Å². The summed E-state index contributed by atoms with van der Waals surface area (Å²) in [6.45, 7) is 6.74. The SMILES string of the molecule is Cc1cnc(CNc2cc(N)cc(OC(C)C)c2)s1. The minimum Gasteiger partial charge on any atom is -0.491 e. The third-order valence-corrected chi connectivity index (χ3v) is 3.33. The highest BCUT2D eigenvalue weighted by Gasteiger charge is 2.03. The number of benzene rings is 1. The van der Waals surface area contributed by atoms with Crippen LogP contribution in [0.2, 0.25) is 0 Å². The van der Waals surface area contributed by atoms with Crippen LogP contribution in [0.25, 0.3) is 0 Å². The molecule has 0 bridgehead atoms. The van der Waals surface area contributed by atoms with E-state index in [1.807, 2.05) is 38.2 Å². The van der Waals surface area contributed by atoms with Gasteiger partial charge < -0.3 is 15.8 Å². The number of aromatic nitrogens is 1. The molecule has 0 fully saturated rings. The number of rotatable bonds is 5. The van der Waals surface area contributed by atoms with Gasteiger partial charge in [-0.15, -0.1) is 11.3 Å². The van der Waals surface area contributed by atoms with Crippen LogP contribution >= 0.6 is 11.3 Å². The summed E-state index contributed by atoms with van der Waals surface area (Å²) in [4.78, 5) is 5.53. The number of hydrogen-bond acceptors (Lipinski definition) is 5. The van der Waals surface area contributed by atoms with Crippen LogP contribution in [0.1, 0.15) is 23.7 Å². The largest absolute Gasteiger partial charge is 0.491 e. The summed E-state index contributed by atoms with van der Waals surface area (Å²) >= 11 is 1.69. The van der Waals surface area contributed by atoms with Gasteiger partial charge in [-0.25, -0.2) is 4.98 Å². The number of anilines is 2. The van der Waals surface area contributed by atoms with E-state index in [1.54, 1.807) is 11.3 Å². The highest BCUT2D eigenvalue weighted by Crippen LogP contribution is 2.24. The maximum Gasteiger partial charge on any atom is 0.123 e. The quantitative estimate of drug-likeness (QED) is 0.822. The predicted octanol–water partition coefficient (Wildman–Crippen LogP) is 3.43. The first-order valence-corrected chi connectivity index (χ1v) is 7.07. The van der Waals surface area contributed by atoms with E-state index >= 15 is 0 Å². The third kappa shape index (κ3) is 4.13. The molecular weight excluding hydrogens is 258 g/mol. The predicted molar refractivity (Wildman–Crippen MR) is 80.8 cm³/mol. The molecule has 0 amide bonds. The smallest absolute Gasteiger partial charge is 0.123 e. The Hall–Kier alpha value is -1.75. The van der Waals surface area contributed by atoms with Gasteiger partial charge in [-0.1, -0.05) is 0 Å². The highest BCUT2D eigenvalue weighted by molar-refractivity contribution is 7.11. The monoisotopic (exact) mass is 277 g/mol. The zero-order valence-electron chi connectivity index (χ0n) is 11.4. The van der Waals surface area contributed by atoms with Gasteiger partial charge in [-0.05, 0) is 26.8 Å². The molecule has 2 rings (SSSR count). The van der Waals surface area contributed by atoms with Crippen LogP contribution < -0.4 is 15.8 Å². The molecule has 0 unspecified atom stereocenters. The summed E-state index contributed by atoms with van der Waals surface area (Å²) in [7, 11) is 0. The lowest BCUT2D eigenvalue weighted by Gasteiger charge is -2.13. The molecule has 0 atom stereocenters. The Labute approximate surface area is 117 Å². The van der Waals surface area contributed by atoms with Gasteiger partial charge in [-0.2, -0.15) is 0 Å². The number of hydrogen-bond donors (Lipinski definition) is 2. The van der Waals surface area contributed by atoms with E-state index < -0.39 is 0 Å². The topological polar surface area (TPSA) is 60.2 Å². The molecule has 0 aliphatic carbocycles. The van der Waals surface area contributed by atoms with Crippen molar-refractivity contribution in [3.8, 4) is 5.75 Å². The molecule has 5 heteroatoms. The Morgan fingerprint density at radius 1 is 1.37 bits per heavy atom. The van der Waals surface area contributed by atoms with Gasteiger partial charge in [0, 0.05) is 34.6 Å². The Morgan fingerprint density at radius 2 is 2.16 bits per heavy atom. The van der Waals surface area contributed by atoms with Crippen molar-refractivity contribution in [2.45, 2.75) is 33.4 Å². The maximum atomic E-state index is 5.88. The average molecular weight is 277 g/mol. The number of thiazole rings is 1. The van der Waals surface area contributed by atoms with Gasteiger partial charge in [0.1, 0.15) is 10.8 Å². The van der Waals surface area contributed by atoms with Gasteiger partial charge in [0.05, 0.1) is 12.6 Å². The number of nitrogens with two attached hydrogens (primary N) is 1. The lowest BCUT2D eigenvalue weighted by molar-refractivity contribution is 0.242. The molecule has 0 saturated carbocycles. The van der Waals surface area contributed by atoms with E-state index in [0.29, 0.717) is 12.2 Å². The molecule has 0 aliphatic heterocycles. The van der Waals surface area contributed by atoms with E-state index in [4.69, 9.17) is 10.5 Å². The molecule has 0 aliphatic rings. The standard InChI is InChI=1S/C14H19N3OS/c1-9(2)18-13-5-11(15)4-12(6-13)16-8-14-17-7-10(3)19-14/h4-7,9,16H,8,15H2,1-3H3. The summed E-state index contributed by atoms with van der Waals surface area (Å²) in [5.74, 6) is 0.785. The van der Waals surface area contributed by atoms with Crippen molar-refractivity contribution < 1.29 is 4.74 Å². The second-order valence-electron chi connectivity index (χ2n) is 4.68. The molecule has 3 N–H and O–H groups in total. The van der Waals surface area contributed by atoms with Crippen molar-refractivity contribution in [2.75, 3.05) is 11.1 Å². The molecule has 0 saturated heterocycles. The van der Waals surface area contributed by atoms with Crippen LogP contribution in [-0.4, -0.2) is 11.1 Å². The van der Waals surface area contributed by atoms with Gasteiger partial charge >= 0.3 is 0 Å². The molecule has 19 heavy (non-hydrogen) atoms. The summed E-state index contributed by atoms with van der Waals surface area (Å²) in [5, 5.41) is 4.38. The molecule has 102 valence electrons. The van der Waals surface area contributed by atoms with Crippen molar-refractivity contribution in [3.63, 3.8) is 0 Å². The second kappa shape index (κ2) is 5.93. The Kier molecular flexibility index (Phi) is 4.27. The highest BCUT2D eigenvalue weighted by atomic mass is 32.1. The molecular formula is C14H19N3OS. The van der Waals surface area contributed by atoms with Gasteiger partial charge in [-0.3, -0.25) is 0 Å². The lowest BCUT2D eigenvalue weighted by atomic mass is 10.2. The first-order valence-electron chi connectivity index (χ1n) is 6.25. The van der Waals surface area contributed by atoms with Crippen LogP contribution in [0.4, 0.5) is 11.4 Å². The van der Waals surface area contributed by atoms with Crippen LogP contribution in [0, 0.1) is 6.92 Å². The first-order chi connectivity index (χ1) is 9.02. The molecule has 2 aromatic rings. The lowest BCUT2D eigenvalue weighted by Crippen LogP contribution is -2.07. The van der Waals surface area contributed by atoms with E-state index in [2.05, 4.69) is 17.2 Å². The van der Waals surface area contributed by atoms with Crippen LogP contribution in [0.3, 0.4) is 0 Å². The van der Waals surface area contributed by atoms with Gasteiger partial charge in [0.2, 0.25) is 0 Å². The summed E-state index contributed by atoms with van der Waals surface area (Å²) in [6.07, 6.45) is 2.02. The van der Waals surface area contributed by atoms with Crippen molar-refractivity contribution in [1.29, 1.82) is 0 Å². The number of nitrogen functional groups attached to an aromatic ring is 1. The molecule has 4 nitrogen and oxygen atoms in total. The number of aryl methyl sites for hydroxylation is 1. The first kappa shape index (κ1) is 13.7. The average Bonchev–Trinajstić information content (AvgIpc) is 2.71. The summed E-state index contributed by atoms with van der Waals surface area (Å²) < 4.78 is 5.66. The Bertz CT molecular complexity index is 551. The van der Waals surface area contributed by atoms with E-state index in [0.717, 1.165) is 16.4 Å². The minimum atomic E-state index is 0.135. The fraction of sp³-hybridized carbons (Fsp3) is 0.357. The van der Waals surface area contributed by atoms with Gasteiger partial charge in [0.25, 0.3) is 0 Å². The fourth-order valence-corrected chi connectivity index (χ4v) is 2.45.